The number of carbonyl (C=O) groups excluding carboxylic acids is 1. The third-order valence-electron chi connectivity index (χ3n) is 1.42. The monoisotopic (exact) mass is 260 g/mol. The highest BCUT2D eigenvalue weighted by molar-refractivity contribution is 8.93. The van der Waals surface area contributed by atoms with Crippen molar-refractivity contribution in [2.45, 2.75) is 24.4 Å². The molecule has 0 bridgehead atoms. The highest BCUT2D eigenvalue weighted by atomic mass is 79.9. The topological polar surface area (TPSA) is 118 Å². The molecule has 5 N–H and O–H groups in total. The van der Waals surface area contributed by atoms with Crippen LogP contribution in [0.5, 0.6) is 0 Å². The second-order valence-corrected chi connectivity index (χ2v) is 2.36. The molecule has 0 fully saturated rings. The zero-order valence-corrected chi connectivity index (χ0v) is 8.36. The quantitative estimate of drug-likeness (QED) is 0.341. The van der Waals surface area contributed by atoms with Gasteiger partial charge in [0.2, 0.25) is 0 Å². The van der Waals surface area contributed by atoms with Crippen LogP contribution in [0, 0.1) is 0 Å². The molecule has 80 valence electrons. The Bertz CT molecular complexity index is 143. The number of carbonyl (C=O) groups is 1. The smallest absolute Gasteiger partial charge is 0.151 e. The number of aliphatic hydroxyl groups is 5. The molecule has 0 unspecified atom stereocenters. The van der Waals surface area contributed by atoms with Crippen molar-refractivity contribution in [3.63, 3.8) is 0 Å². The molecule has 0 aliphatic carbocycles. The first-order chi connectivity index (χ1) is 5.54. The Morgan fingerprint density at radius 1 is 1.08 bits per heavy atom. The largest absolute Gasteiger partial charge is 0.394 e. The second kappa shape index (κ2) is 7.36. The van der Waals surface area contributed by atoms with Gasteiger partial charge in [-0.25, -0.2) is 0 Å². The molecule has 0 radical (unpaired) electrons. The number of hydrogen-bond acceptors (Lipinski definition) is 6. The minimum absolute atomic E-state index is 0. The van der Waals surface area contributed by atoms with Crippen molar-refractivity contribution in [3.8, 4) is 0 Å². The number of halogens is 1. The van der Waals surface area contributed by atoms with Gasteiger partial charge in [0.05, 0.1) is 6.61 Å². The summed E-state index contributed by atoms with van der Waals surface area (Å²) in [6.07, 6.45) is -6.84. The zero-order valence-electron chi connectivity index (χ0n) is 6.65. The first-order valence-corrected chi connectivity index (χ1v) is 3.33. The summed E-state index contributed by atoms with van der Waals surface area (Å²) in [4.78, 5) is 9.90. The number of aldehydes is 1. The van der Waals surface area contributed by atoms with E-state index < -0.39 is 31.0 Å². The molecule has 6 nitrogen and oxygen atoms in total. The minimum atomic E-state index is -1.79. The van der Waals surface area contributed by atoms with Crippen molar-refractivity contribution >= 4 is 23.3 Å². The Morgan fingerprint density at radius 3 is 1.85 bits per heavy atom. The van der Waals surface area contributed by atoms with Gasteiger partial charge in [0, 0.05) is 0 Å². The molecule has 0 aromatic heterocycles. The van der Waals surface area contributed by atoms with Gasteiger partial charge >= 0.3 is 0 Å². The Balaban J connectivity index is 0. The molecule has 0 rings (SSSR count). The van der Waals surface area contributed by atoms with Crippen LogP contribution in [-0.2, 0) is 4.79 Å². The van der Waals surface area contributed by atoms with Gasteiger partial charge in [-0.3, -0.25) is 0 Å². The van der Waals surface area contributed by atoms with Crippen molar-refractivity contribution in [1.29, 1.82) is 0 Å². The second-order valence-electron chi connectivity index (χ2n) is 2.36. The lowest BCUT2D eigenvalue weighted by molar-refractivity contribution is -0.136. The van der Waals surface area contributed by atoms with Crippen molar-refractivity contribution < 1.29 is 30.3 Å². The highest BCUT2D eigenvalue weighted by Gasteiger charge is 2.29. The van der Waals surface area contributed by atoms with E-state index in [2.05, 4.69) is 0 Å². The van der Waals surface area contributed by atoms with Crippen molar-refractivity contribution in [1.82, 2.24) is 0 Å². The SMILES string of the molecule is Br.O=C[C@H](O)[C@@H](O)[C@H](O)[C@H](O)CO. The van der Waals surface area contributed by atoms with Crippen LogP contribution in [0.2, 0.25) is 0 Å². The molecule has 7 heteroatoms. The van der Waals surface area contributed by atoms with Gasteiger partial charge in [0.1, 0.15) is 24.4 Å². The van der Waals surface area contributed by atoms with Crippen LogP contribution >= 0.6 is 17.0 Å². The lowest BCUT2D eigenvalue weighted by Gasteiger charge is -2.22. The van der Waals surface area contributed by atoms with Gasteiger partial charge in [-0.05, 0) is 0 Å². The molecule has 0 saturated heterocycles. The fraction of sp³-hybridized carbons (Fsp3) is 0.833. The van der Waals surface area contributed by atoms with Gasteiger partial charge in [-0.2, -0.15) is 0 Å². The first-order valence-electron chi connectivity index (χ1n) is 3.33. The summed E-state index contributed by atoms with van der Waals surface area (Å²) in [5.74, 6) is 0. The summed E-state index contributed by atoms with van der Waals surface area (Å²) in [5.41, 5.74) is 0. The molecule has 0 saturated carbocycles. The fourth-order valence-corrected chi connectivity index (χ4v) is 0.618. The first kappa shape index (κ1) is 15.4. The summed E-state index contributed by atoms with van der Waals surface area (Å²) in [7, 11) is 0. The van der Waals surface area contributed by atoms with E-state index in [0.717, 1.165) is 0 Å². The molecule has 0 aromatic carbocycles. The minimum Gasteiger partial charge on any atom is -0.394 e. The lowest BCUT2D eigenvalue weighted by atomic mass is 10.0. The van der Waals surface area contributed by atoms with E-state index in [1.54, 1.807) is 0 Å². The normalized spacial score (nSPS) is 19.5. The maximum atomic E-state index is 9.90. The van der Waals surface area contributed by atoms with Crippen LogP contribution in [-0.4, -0.2) is 62.8 Å². The number of aliphatic hydroxyl groups excluding tert-OH is 5. The van der Waals surface area contributed by atoms with Crippen molar-refractivity contribution in [2.24, 2.45) is 0 Å². The predicted molar refractivity (Wildman–Crippen MR) is 47.5 cm³/mol. The third kappa shape index (κ3) is 4.65. The molecule has 0 amide bonds. The van der Waals surface area contributed by atoms with Crippen LogP contribution in [0.15, 0.2) is 0 Å². The molecule has 0 spiro atoms. The predicted octanol–water partition coefficient (Wildman–Crippen LogP) is -2.80. The van der Waals surface area contributed by atoms with Crippen molar-refractivity contribution in [2.75, 3.05) is 6.61 Å². The standard InChI is InChI=1S/C6H12O6.BrH/c7-1-3(9)5(11)6(12)4(10)2-8;/h1,3-6,8-12H,2H2;1H/t3-,4+,5+,6+;/m0./s1. The Kier molecular flexibility index (Phi) is 8.74. The summed E-state index contributed by atoms with van der Waals surface area (Å²) in [5, 5.41) is 43.5. The van der Waals surface area contributed by atoms with Gasteiger partial charge in [-0.15, -0.1) is 17.0 Å². The summed E-state index contributed by atoms with van der Waals surface area (Å²) >= 11 is 0. The van der Waals surface area contributed by atoms with E-state index in [0.29, 0.717) is 0 Å². The summed E-state index contributed by atoms with van der Waals surface area (Å²) in [6.45, 7) is -0.760. The number of rotatable bonds is 5. The molecule has 0 aromatic rings. The van der Waals surface area contributed by atoms with Gasteiger partial charge in [-0.1, -0.05) is 0 Å². The molecule has 0 heterocycles. The van der Waals surface area contributed by atoms with Crippen LogP contribution in [0.4, 0.5) is 0 Å². The number of hydrogen-bond donors (Lipinski definition) is 5. The average molecular weight is 261 g/mol. The molecular weight excluding hydrogens is 248 g/mol. The van der Waals surface area contributed by atoms with Gasteiger partial charge in [0.15, 0.2) is 6.29 Å². The maximum Gasteiger partial charge on any atom is 0.151 e. The van der Waals surface area contributed by atoms with Gasteiger partial charge < -0.3 is 30.3 Å². The molecule has 4 atom stereocenters. The maximum absolute atomic E-state index is 9.90. The van der Waals surface area contributed by atoms with Crippen LogP contribution in [0.25, 0.3) is 0 Å². The zero-order chi connectivity index (χ0) is 9.72. The van der Waals surface area contributed by atoms with Crippen molar-refractivity contribution in [3.05, 3.63) is 0 Å². The third-order valence-corrected chi connectivity index (χ3v) is 1.42. The summed E-state index contributed by atoms with van der Waals surface area (Å²) < 4.78 is 0. The van der Waals surface area contributed by atoms with E-state index in [1.807, 2.05) is 0 Å². The Morgan fingerprint density at radius 2 is 1.54 bits per heavy atom. The van der Waals surface area contributed by atoms with Crippen LogP contribution < -0.4 is 0 Å². The molecule has 13 heavy (non-hydrogen) atoms. The van der Waals surface area contributed by atoms with Crippen LogP contribution in [0.1, 0.15) is 0 Å². The van der Waals surface area contributed by atoms with E-state index in [9.17, 15) is 4.79 Å². The van der Waals surface area contributed by atoms with E-state index in [-0.39, 0.29) is 23.3 Å². The Hall–Kier alpha value is -0.0500. The average Bonchev–Trinajstić information content (AvgIpc) is 2.12. The summed E-state index contributed by atoms with van der Waals surface area (Å²) in [6, 6.07) is 0. The van der Waals surface area contributed by atoms with Crippen LogP contribution in [0.3, 0.4) is 0 Å². The Labute approximate surface area is 85.2 Å². The molecule has 0 aliphatic heterocycles. The lowest BCUT2D eigenvalue weighted by Crippen LogP contribution is -2.46. The van der Waals surface area contributed by atoms with E-state index in [1.165, 1.54) is 0 Å². The van der Waals surface area contributed by atoms with E-state index >= 15 is 0 Å². The highest BCUT2D eigenvalue weighted by Crippen LogP contribution is 2.02. The molecule has 0 aliphatic rings. The van der Waals surface area contributed by atoms with E-state index in [4.69, 9.17) is 25.5 Å². The molecular formula is C6H13BrO6. The van der Waals surface area contributed by atoms with Gasteiger partial charge in [0.25, 0.3) is 0 Å². The fourth-order valence-electron chi connectivity index (χ4n) is 0.618.